The molecule has 132 valence electrons. The number of hydrogen-bond acceptors (Lipinski definition) is 5. The number of fused-ring (bicyclic) bond motifs is 1. The average molecular weight is 344 g/mol. The number of methoxy groups -OCH3 is 1. The van der Waals surface area contributed by atoms with Gasteiger partial charge in [-0.05, 0) is 36.8 Å². The van der Waals surface area contributed by atoms with Crippen molar-refractivity contribution >= 4 is 11.7 Å². The second-order valence-corrected chi connectivity index (χ2v) is 5.85. The first-order valence-electron chi connectivity index (χ1n) is 7.80. The molecule has 7 heteroatoms. The third-order valence-electron chi connectivity index (χ3n) is 3.94. The number of aliphatic hydroxyl groups is 1. The summed E-state index contributed by atoms with van der Waals surface area (Å²) in [7, 11) is 1.53. The molecule has 3 N–H and O–H groups in total. The molecule has 1 atom stereocenters. The number of anilines is 1. The van der Waals surface area contributed by atoms with Gasteiger partial charge in [0.25, 0.3) is 0 Å². The van der Waals surface area contributed by atoms with Crippen molar-refractivity contribution in [3.63, 3.8) is 0 Å². The van der Waals surface area contributed by atoms with Crippen LogP contribution in [-0.4, -0.2) is 31.6 Å². The lowest BCUT2D eigenvalue weighted by Gasteiger charge is -2.24. The maximum atomic E-state index is 12.1. The van der Waals surface area contributed by atoms with E-state index in [0.29, 0.717) is 28.5 Å². The van der Waals surface area contributed by atoms with Crippen LogP contribution in [0.2, 0.25) is 0 Å². The first-order chi connectivity index (χ1) is 12.0. The summed E-state index contributed by atoms with van der Waals surface area (Å²) < 4.78 is 15.8. The Morgan fingerprint density at radius 1 is 1.24 bits per heavy atom. The second-order valence-electron chi connectivity index (χ2n) is 5.85. The molecule has 1 aliphatic heterocycles. The minimum Gasteiger partial charge on any atom is -0.495 e. The van der Waals surface area contributed by atoms with Gasteiger partial charge in [0.15, 0.2) is 11.5 Å². The van der Waals surface area contributed by atoms with Crippen molar-refractivity contribution in [2.75, 3.05) is 25.8 Å². The van der Waals surface area contributed by atoms with Crippen molar-refractivity contribution in [3.05, 3.63) is 48.0 Å². The number of benzene rings is 2. The minimum atomic E-state index is -1.26. The molecule has 3 rings (SSSR count). The average Bonchev–Trinajstić information content (AvgIpc) is 3.08. The summed E-state index contributed by atoms with van der Waals surface area (Å²) in [5, 5.41) is 16.0. The molecule has 0 saturated heterocycles. The molecule has 2 aromatic rings. The van der Waals surface area contributed by atoms with E-state index >= 15 is 0 Å². The highest BCUT2D eigenvalue weighted by molar-refractivity contribution is 5.90. The highest BCUT2D eigenvalue weighted by atomic mass is 16.7. The summed E-state index contributed by atoms with van der Waals surface area (Å²) in [5.74, 6) is 1.78. The first-order valence-corrected chi connectivity index (χ1v) is 7.80. The lowest BCUT2D eigenvalue weighted by atomic mass is 9.95. The molecule has 1 heterocycles. The fourth-order valence-electron chi connectivity index (χ4n) is 2.50. The lowest BCUT2D eigenvalue weighted by Crippen LogP contribution is -2.40. The monoisotopic (exact) mass is 344 g/mol. The molecule has 0 aliphatic carbocycles. The Bertz CT molecular complexity index is 776. The van der Waals surface area contributed by atoms with Crippen LogP contribution in [0.4, 0.5) is 10.5 Å². The van der Waals surface area contributed by atoms with Crippen molar-refractivity contribution in [3.8, 4) is 17.2 Å². The zero-order chi connectivity index (χ0) is 17.9. The fourth-order valence-corrected chi connectivity index (χ4v) is 2.50. The number of urea groups is 1. The Labute approximate surface area is 145 Å². The number of carbonyl (C=O) groups is 1. The van der Waals surface area contributed by atoms with Crippen molar-refractivity contribution in [1.82, 2.24) is 5.32 Å². The van der Waals surface area contributed by atoms with Crippen LogP contribution in [0.25, 0.3) is 0 Å². The fraction of sp³-hybridized carbons (Fsp3) is 0.278. The van der Waals surface area contributed by atoms with Crippen LogP contribution in [0, 0.1) is 0 Å². The van der Waals surface area contributed by atoms with E-state index in [-0.39, 0.29) is 13.3 Å². The van der Waals surface area contributed by atoms with Crippen LogP contribution in [0.1, 0.15) is 12.5 Å². The largest absolute Gasteiger partial charge is 0.495 e. The van der Waals surface area contributed by atoms with Crippen LogP contribution in [0.3, 0.4) is 0 Å². The molecule has 2 amide bonds. The van der Waals surface area contributed by atoms with E-state index in [9.17, 15) is 9.90 Å². The van der Waals surface area contributed by atoms with Crippen LogP contribution in [-0.2, 0) is 5.60 Å². The quantitative estimate of drug-likeness (QED) is 0.775. The maximum Gasteiger partial charge on any atom is 0.319 e. The molecule has 25 heavy (non-hydrogen) atoms. The Morgan fingerprint density at radius 3 is 2.80 bits per heavy atom. The summed E-state index contributed by atoms with van der Waals surface area (Å²) in [6.07, 6.45) is 0. The van der Waals surface area contributed by atoms with Crippen molar-refractivity contribution in [2.24, 2.45) is 0 Å². The maximum absolute atomic E-state index is 12.1. The third kappa shape index (κ3) is 3.77. The van der Waals surface area contributed by atoms with Gasteiger partial charge < -0.3 is 30.0 Å². The molecule has 2 aromatic carbocycles. The summed E-state index contributed by atoms with van der Waals surface area (Å²) >= 11 is 0. The van der Waals surface area contributed by atoms with Gasteiger partial charge in [-0.3, -0.25) is 0 Å². The van der Waals surface area contributed by atoms with Crippen LogP contribution >= 0.6 is 0 Å². The highest BCUT2D eigenvalue weighted by Crippen LogP contribution is 2.35. The Hall–Kier alpha value is -2.93. The zero-order valence-electron chi connectivity index (χ0n) is 14.0. The lowest BCUT2D eigenvalue weighted by molar-refractivity contribution is 0.0597. The van der Waals surface area contributed by atoms with E-state index in [4.69, 9.17) is 14.2 Å². The number of amides is 2. The highest BCUT2D eigenvalue weighted by Gasteiger charge is 2.26. The smallest absolute Gasteiger partial charge is 0.319 e. The number of carbonyl (C=O) groups excluding carboxylic acids is 1. The third-order valence-corrected chi connectivity index (χ3v) is 3.94. The zero-order valence-corrected chi connectivity index (χ0v) is 14.0. The van der Waals surface area contributed by atoms with E-state index in [0.717, 1.165) is 0 Å². The predicted octanol–water partition coefficient (Wildman–Crippen LogP) is 2.45. The normalized spacial score (nSPS) is 14.5. The molecule has 0 aromatic heterocycles. The molecule has 0 unspecified atom stereocenters. The summed E-state index contributed by atoms with van der Waals surface area (Å²) in [4.78, 5) is 12.1. The molecule has 0 spiro atoms. The molecular formula is C18H20N2O5. The van der Waals surface area contributed by atoms with E-state index in [1.54, 1.807) is 43.3 Å². The number of nitrogens with one attached hydrogen (secondary N) is 2. The number of hydrogen-bond donors (Lipinski definition) is 3. The Kier molecular flexibility index (Phi) is 4.67. The van der Waals surface area contributed by atoms with Gasteiger partial charge in [-0.2, -0.15) is 0 Å². The minimum absolute atomic E-state index is 0.0215. The molecule has 1 aliphatic rings. The van der Waals surface area contributed by atoms with Crippen LogP contribution < -0.4 is 24.8 Å². The van der Waals surface area contributed by atoms with Crippen LogP contribution in [0.5, 0.6) is 17.2 Å². The SMILES string of the molecule is COc1ccccc1NC(=O)NC[C@@](C)(O)c1ccc2c(c1)OCO2. The number of rotatable bonds is 5. The van der Waals surface area contributed by atoms with Crippen LogP contribution in [0.15, 0.2) is 42.5 Å². The van der Waals surface area contributed by atoms with Gasteiger partial charge in [0.05, 0.1) is 19.3 Å². The van der Waals surface area contributed by atoms with Gasteiger partial charge in [0.2, 0.25) is 6.79 Å². The van der Waals surface area contributed by atoms with Crippen molar-refractivity contribution < 1.29 is 24.1 Å². The molecule has 0 saturated carbocycles. The van der Waals surface area contributed by atoms with Crippen molar-refractivity contribution in [2.45, 2.75) is 12.5 Å². The van der Waals surface area contributed by atoms with Gasteiger partial charge in [-0.15, -0.1) is 0 Å². The Morgan fingerprint density at radius 2 is 2.00 bits per heavy atom. The molecule has 0 fully saturated rings. The van der Waals surface area contributed by atoms with E-state index in [1.165, 1.54) is 7.11 Å². The predicted molar refractivity (Wildman–Crippen MR) is 92.2 cm³/mol. The summed E-state index contributed by atoms with van der Waals surface area (Å²) in [6, 6.07) is 11.8. The topological polar surface area (TPSA) is 89.1 Å². The van der Waals surface area contributed by atoms with Gasteiger partial charge in [0, 0.05) is 0 Å². The van der Waals surface area contributed by atoms with Crippen molar-refractivity contribution in [1.29, 1.82) is 0 Å². The van der Waals surface area contributed by atoms with Gasteiger partial charge in [-0.25, -0.2) is 4.79 Å². The molecule has 7 nitrogen and oxygen atoms in total. The van der Waals surface area contributed by atoms with Gasteiger partial charge in [-0.1, -0.05) is 18.2 Å². The first kappa shape index (κ1) is 16.9. The van der Waals surface area contributed by atoms with Gasteiger partial charge in [0.1, 0.15) is 11.4 Å². The number of ether oxygens (including phenoxy) is 3. The van der Waals surface area contributed by atoms with Gasteiger partial charge >= 0.3 is 6.03 Å². The Balaban J connectivity index is 1.62. The summed E-state index contributed by atoms with van der Waals surface area (Å²) in [6.45, 7) is 1.81. The van der Waals surface area contributed by atoms with E-state index < -0.39 is 11.6 Å². The molecular weight excluding hydrogens is 324 g/mol. The number of para-hydroxylation sites is 2. The second kappa shape index (κ2) is 6.90. The molecule has 0 radical (unpaired) electrons. The van der Waals surface area contributed by atoms with E-state index in [2.05, 4.69) is 10.6 Å². The van der Waals surface area contributed by atoms with E-state index in [1.807, 2.05) is 6.07 Å². The summed E-state index contributed by atoms with van der Waals surface area (Å²) in [5.41, 5.74) is -0.0985. The molecule has 0 bridgehead atoms. The standard InChI is InChI=1S/C18H20N2O5/c1-18(22,12-7-8-15-16(9-12)25-11-24-15)10-19-17(21)20-13-5-3-4-6-14(13)23-2/h3-9,22H,10-11H2,1-2H3,(H2,19,20,21)/t18-/m1/s1.